The number of rotatable bonds is 5. The van der Waals surface area contributed by atoms with Crippen LogP contribution in [0.15, 0.2) is 36.8 Å². The first kappa shape index (κ1) is 18.9. The lowest BCUT2D eigenvalue weighted by Gasteiger charge is -2.13. The molecule has 0 aliphatic rings. The van der Waals surface area contributed by atoms with Gasteiger partial charge >= 0.3 is 0 Å². The Morgan fingerprint density at radius 3 is 2.55 bits per heavy atom. The van der Waals surface area contributed by atoms with Crippen molar-refractivity contribution in [3.8, 4) is 16.9 Å². The Kier molecular flexibility index (Phi) is 4.92. The molecule has 6 nitrogen and oxygen atoms in total. The lowest BCUT2D eigenvalue weighted by Crippen LogP contribution is -2.05. The third-order valence-electron chi connectivity index (χ3n) is 4.92. The van der Waals surface area contributed by atoms with Crippen LogP contribution in [-0.4, -0.2) is 31.7 Å². The van der Waals surface area contributed by atoms with Gasteiger partial charge in [-0.15, -0.1) is 10.2 Å². The second-order valence-electron chi connectivity index (χ2n) is 6.72. The molecule has 8 heteroatoms. The minimum absolute atomic E-state index is 0.0611. The predicted molar refractivity (Wildman–Crippen MR) is 104 cm³/mol. The van der Waals surface area contributed by atoms with E-state index in [0.29, 0.717) is 17.9 Å². The van der Waals surface area contributed by atoms with Gasteiger partial charge in [0.25, 0.3) is 0 Å². The number of ether oxygens (including phenoxy) is 1. The maximum absolute atomic E-state index is 14.2. The summed E-state index contributed by atoms with van der Waals surface area (Å²) in [6.45, 7) is 3.76. The van der Waals surface area contributed by atoms with E-state index in [9.17, 15) is 8.78 Å². The van der Waals surface area contributed by atoms with Crippen molar-refractivity contribution in [2.24, 2.45) is 0 Å². The minimum Gasteiger partial charge on any atom is -0.493 e. The molecule has 1 aromatic carbocycles. The molecule has 148 valence electrons. The van der Waals surface area contributed by atoms with Crippen LogP contribution in [0.2, 0.25) is 0 Å². The average molecular weight is 395 g/mol. The summed E-state index contributed by atoms with van der Waals surface area (Å²) >= 11 is 0. The molecule has 0 saturated heterocycles. The van der Waals surface area contributed by atoms with E-state index in [1.165, 1.54) is 7.11 Å². The van der Waals surface area contributed by atoms with E-state index in [-0.39, 0.29) is 17.7 Å². The van der Waals surface area contributed by atoms with Crippen molar-refractivity contribution in [3.05, 3.63) is 71.2 Å². The maximum atomic E-state index is 14.2. The SMILES string of the molecule is COc1c(F)ccc(F)c1CCc1ccc(-c2cnc(C)nc2C)c2nncn12. The Balaban J connectivity index is 1.71. The van der Waals surface area contributed by atoms with Crippen molar-refractivity contribution in [2.45, 2.75) is 26.7 Å². The number of hydrogen-bond acceptors (Lipinski definition) is 5. The predicted octanol–water partition coefficient (Wildman–Crippen LogP) is 3.88. The summed E-state index contributed by atoms with van der Waals surface area (Å²) in [5, 5.41) is 8.27. The topological polar surface area (TPSA) is 65.2 Å². The zero-order valence-corrected chi connectivity index (χ0v) is 16.3. The van der Waals surface area contributed by atoms with Gasteiger partial charge in [-0.1, -0.05) is 0 Å². The van der Waals surface area contributed by atoms with Crippen LogP contribution in [-0.2, 0) is 12.8 Å². The molecule has 0 atom stereocenters. The van der Waals surface area contributed by atoms with Gasteiger partial charge in [0.1, 0.15) is 18.0 Å². The summed E-state index contributed by atoms with van der Waals surface area (Å²) in [5.41, 5.74) is 4.31. The standard InChI is InChI=1S/C21H19F2N5O/c1-12-17(10-24-13(2)26-12)15-6-4-14(28-11-25-27-21(15)28)5-7-16-18(22)8-9-19(23)20(16)29-3/h4,6,8-11H,5,7H2,1-3H3. The highest BCUT2D eigenvalue weighted by Gasteiger charge is 2.17. The monoisotopic (exact) mass is 395 g/mol. The van der Waals surface area contributed by atoms with E-state index in [2.05, 4.69) is 20.2 Å². The lowest BCUT2D eigenvalue weighted by molar-refractivity contribution is 0.376. The Labute approximate surface area is 166 Å². The second kappa shape index (κ2) is 7.54. The van der Waals surface area contributed by atoms with Gasteiger partial charge in [-0.3, -0.25) is 4.40 Å². The van der Waals surface area contributed by atoms with Gasteiger partial charge < -0.3 is 4.74 Å². The van der Waals surface area contributed by atoms with Crippen LogP contribution >= 0.6 is 0 Å². The van der Waals surface area contributed by atoms with Gasteiger partial charge in [-0.05, 0) is 51.0 Å². The van der Waals surface area contributed by atoms with E-state index >= 15 is 0 Å². The molecule has 0 aliphatic carbocycles. The van der Waals surface area contributed by atoms with Crippen LogP contribution in [0.25, 0.3) is 16.8 Å². The summed E-state index contributed by atoms with van der Waals surface area (Å²) in [6, 6.07) is 6.04. The molecular weight excluding hydrogens is 376 g/mol. The first-order chi connectivity index (χ1) is 14.0. The molecule has 0 aliphatic heterocycles. The van der Waals surface area contributed by atoms with E-state index in [0.717, 1.165) is 34.6 Å². The number of nitrogens with zero attached hydrogens (tertiary/aromatic N) is 5. The molecule has 0 saturated carbocycles. The number of methoxy groups -OCH3 is 1. The second-order valence-corrected chi connectivity index (χ2v) is 6.72. The fraction of sp³-hybridized carbons (Fsp3) is 0.238. The van der Waals surface area contributed by atoms with Crippen LogP contribution in [0.3, 0.4) is 0 Å². The average Bonchev–Trinajstić information content (AvgIpc) is 3.19. The van der Waals surface area contributed by atoms with Crippen LogP contribution in [0, 0.1) is 25.5 Å². The molecule has 0 bridgehead atoms. The molecule has 29 heavy (non-hydrogen) atoms. The van der Waals surface area contributed by atoms with Crippen molar-refractivity contribution in [1.29, 1.82) is 0 Å². The smallest absolute Gasteiger partial charge is 0.168 e. The number of fused-ring (bicyclic) bond motifs is 1. The summed E-state index contributed by atoms with van der Waals surface area (Å²) in [7, 11) is 1.33. The molecule has 0 fully saturated rings. The van der Waals surface area contributed by atoms with Gasteiger partial charge in [0, 0.05) is 34.3 Å². The van der Waals surface area contributed by atoms with Gasteiger partial charge in [0.05, 0.1) is 7.11 Å². The lowest BCUT2D eigenvalue weighted by atomic mass is 10.0. The number of hydrogen-bond donors (Lipinski definition) is 0. The van der Waals surface area contributed by atoms with E-state index in [1.54, 1.807) is 12.5 Å². The fourth-order valence-electron chi connectivity index (χ4n) is 3.51. The van der Waals surface area contributed by atoms with Crippen molar-refractivity contribution in [1.82, 2.24) is 24.6 Å². The first-order valence-electron chi connectivity index (χ1n) is 9.12. The molecule has 0 unspecified atom stereocenters. The van der Waals surface area contributed by atoms with Crippen LogP contribution in [0.5, 0.6) is 5.75 Å². The van der Waals surface area contributed by atoms with E-state index in [4.69, 9.17) is 4.74 Å². The Morgan fingerprint density at radius 1 is 1.00 bits per heavy atom. The Hall–Kier alpha value is -3.42. The molecule has 4 aromatic rings. The maximum Gasteiger partial charge on any atom is 0.168 e. The molecule has 3 aromatic heterocycles. The van der Waals surface area contributed by atoms with Crippen molar-refractivity contribution >= 4 is 5.65 Å². The first-order valence-corrected chi connectivity index (χ1v) is 9.12. The van der Waals surface area contributed by atoms with Gasteiger partial charge in [-0.25, -0.2) is 18.7 Å². The van der Waals surface area contributed by atoms with Crippen LogP contribution < -0.4 is 4.74 Å². The molecule has 4 rings (SSSR count). The number of halogens is 2. The third kappa shape index (κ3) is 3.41. The van der Waals surface area contributed by atoms with E-state index in [1.807, 2.05) is 30.4 Å². The molecule has 0 N–H and O–H groups in total. The molecule has 0 amide bonds. The van der Waals surface area contributed by atoms with Gasteiger partial charge in [0.15, 0.2) is 17.2 Å². The summed E-state index contributed by atoms with van der Waals surface area (Å²) in [4.78, 5) is 8.70. The largest absolute Gasteiger partial charge is 0.493 e. The minimum atomic E-state index is -0.580. The fourth-order valence-corrected chi connectivity index (χ4v) is 3.51. The Morgan fingerprint density at radius 2 is 1.79 bits per heavy atom. The highest BCUT2D eigenvalue weighted by Crippen LogP contribution is 2.29. The molecule has 3 heterocycles. The molecular formula is C21H19F2N5O. The Bertz CT molecular complexity index is 1210. The van der Waals surface area contributed by atoms with Crippen LogP contribution in [0.1, 0.15) is 22.8 Å². The summed E-state index contributed by atoms with van der Waals surface area (Å²) in [6.07, 6.45) is 4.10. The van der Waals surface area contributed by atoms with Gasteiger partial charge in [-0.2, -0.15) is 0 Å². The van der Waals surface area contributed by atoms with Crippen molar-refractivity contribution in [2.75, 3.05) is 7.11 Å². The highest BCUT2D eigenvalue weighted by molar-refractivity contribution is 5.78. The van der Waals surface area contributed by atoms with Gasteiger partial charge in [0.2, 0.25) is 0 Å². The number of benzene rings is 1. The molecule has 0 spiro atoms. The quantitative estimate of drug-likeness (QED) is 0.513. The highest BCUT2D eigenvalue weighted by atomic mass is 19.1. The van der Waals surface area contributed by atoms with Crippen molar-refractivity contribution < 1.29 is 13.5 Å². The summed E-state index contributed by atoms with van der Waals surface area (Å²) < 4.78 is 35.1. The number of aromatic nitrogens is 5. The number of aryl methyl sites for hydroxylation is 3. The zero-order valence-electron chi connectivity index (χ0n) is 16.3. The zero-order chi connectivity index (χ0) is 20.5. The normalized spacial score (nSPS) is 11.2. The van der Waals surface area contributed by atoms with E-state index < -0.39 is 11.6 Å². The summed E-state index contributed by atoms with van der Waals surface area (Å²) in [5.74, 6) is -0.434. The van der Waals surface area contributed by atoms with Crippen molar-refractivity contribution in [3.63, 3.8) is 0 Å². The third-order valence-corrected chi connectivity index (χ3v) is 4.92. The number of pyridine rings is 1. The van der Waals surface area contributed by atoms with Crippen LogP contribution in [0.4, 0.5) is 8.78 Å². The molecule has 0 radical (unpaired) electrons.